The van der Waals surface area contributed by atoms with E-state index >= 15 is 0 Å². The summed E-state index contributed by atoms with van der Waals surface area (Å²) < 4.78 is 6.25. The fourth-order valence-electron chi connectivity index (χ4n) is 1.56. The van der Waals surface area contributed by atoms with Gasteiger partial charge in [0.25, 0.3) is 0 Å². The SMILES string of the molecule is COc1sc2ccccc2c1CC(=O)O. The molecule has 0 aliphatic carbocycles. The zero-order valence-corrected chi connectivity index (χ0v) is 9.00. The van der Waals surface area contributed by atoms with Gasteiger partial charge in [0.1, 0.15) is 0 Å². The van der Waals surface area contributed by atoms with E-state index in [4.69, 9.17) is 9.84 Å². The zero-order valence-electron chi connectivity index (χ0n) is 8.19. The first-order chi connectivity index (χ1) is 7.22. The van der Waals surface area contributed by atoms with Crippen LogP contribution in [0.5, 0.6) is 5.06 Å². The molecule has 0 aliphatic heterocycles. The van der Waals surface area contributed by atoms with E-state index in [1.54, 1.807) is 7.11 Å². The average molecular weight is 222 g/mol. The quantitative estimate of drug-likeness (QED) is 0.868. The number of rotatable bonds is 3. The van der Waals surface area contributed by atoms with Gasteiger partial charge in [-0.05, 0) is 6.07 Å². The van der Waals surface area contributed by atoms with E-state index in [9.17, 15) is 4.79 Å². The fraction of sp³-hybridized carbons (Fsp3) is 0.182. The van der Waals surface area contributed by atoms with Gasteiger partial charge in [0.2, 0.25) is 0 Å². The molecule has 0 saturated heterocycles. The van der Waals surface area contributed by atoms with Gasteiger partial charge in [-0.25, -0.2) is 0 Å². The molecule has 2 rings (SSSR count). The van der Waals surface area contributed by atoms with Crippen LogP contribution in [-0.4, -0.2) is 18.2 Å². The van der Waals surface area contributed by atoms with E-state index in [0.717, 1.165) is 15.6 Å². The van der Waals surface area contributed by atoms with Gasteiger partial charge in [0, 0.05) is 15.6 Å². The van der Waals surface area contributed by atoms with Crippen molar-refractivity contribution in [2.45, 2.75) is 6.42 Å². The van der Waals surface area contributed by atoms with Crippen LogP contribution in [0.25, 0.3) is 10.1 Å². The lowest BCUT2D eigenvalue weighted by molar-refractivity contribution is -0.136. The summed E-state index contributed by atoms with van der Waals surface area (Å²) in [5.41, 5.74) is 0.769. The van der Waals surface area contributed by atoms with Gasteiger partial charge in [-0.15, -0.1) is 0 Å². The molecule has 1 N–H and O–H groups in total. The predicted molar refractivity (Wildman–Crippen MR) is 59.7 cm³/mol. The van der Waals surface area contributed by atoms with Crippen LogP contribution in [0.15, 0.2) is 24.3 Å². The molecule has 15 heavy (non-hydrogen) atoms. The van der Waals surface area contributed by atoms with E-state index in [-0.39, 0.29) is 6.42 Å². The van der Waals surface area contributed by atoms with E-state index in [2.05, 4.69) is 0 Å². The summed E-state index contributed by atoms with van der Waals surface area (Å²) in [7, 11) is 1.57. The van der Waals surface area contributed by atoms with E-state index in [1.807, 2.05) is 24.3 Å². The van der Waals surface area contributed by atoms with Crippen LogP contribution in [-0.2, 0) is 11.2 Å². The normalized spacial score (nSPS) is 10.5. The Bertz CT molecular complexity index is 502. The highest BCUT2D eigenvalue weighted by Crippen LogP contribution is 2.37. The van der Waals surface area contributed by atoms with Crippen molar-refractivity contribution in [2.75, 3.05) is 7.11 Å². The van der Waals surface area contributed by atoms with E-state index < -0.39 is 5.97 Å². The molecule has 78 valence electrons. The van der Waals surface area contributed by atoms with Crippen LogP contribution in [0, 0.1) is 0 Å². The topological polar surface area (TPSA) is 46.5 Å². The Kier molecular flexibility index (Phi) is 2.60. The Hall–Kier alpha value is -1.55. The molecule has 1 aromatic carbocycles. The fourth-order valence-corrected chi connectivity index (χ4v) is 2.60. The third kappa shape index (κ3) is 1.80. The minimum absolute atomic E-state index is 0.00713. The number of hydrogen-bond acceptors (Lipinski definition) is 3. The molecule has 0 unspecified atom stereocenters. The highest BCUT2D eigenvalue weighted by atomic mass is 32.1. The maximum Gasteiger partial charge on any atom is 0.308 e. The summed E-state index contributed by atoms with van der Waals surface area (Å²) in [5, 5.41) is 10.5. The number of aliphatic carboxylic acids is 1. The number of hydrogen-bond donors (Lipinski definition) is 1. The molecule has 0 bridgehead atoms. The summed E-state index contributed by atoms with van der Waals surface area (Å²) in [4.78, 5) is 10.7. The van der Waals surface area contributed by atoms with Crippen LogP contribution in [0.3, 0.4) is 0 Å². The molecule has 0 fully saturated rings. The summed E-state index contributed by atoms with van der Waals surface area (Å²) in [6, 6.07) is 7.73. The molecule has 0 saturated carbocycles. The van der Waals surface area contributed by atoms with Crippen molar-refractivity contribution in [3.63, 3.8) is 0 Å². The first-order valence-corrected chi connectivity index (χ1v) is 5.30. The van der Waals surface area contributed by atoms with Gasteiger partial charge in [-0.3, -0.25) is 4.79 Å². The molecular weight excluding hydrogens is 212 g/mol. The van der Waals surface area contributed by atoms with Crippen LogP contribution >= 0.6 is 11.3 Å². The predicted octanol–water partition coefficient (Wildman–Crippen LogP) is 2.54. The van der Waals surface area contributed by atoms with Crippen molar-refractivity contribution < 1.29 is 14.6 Å². The maximum absolute atomic E-state index is 10.7. The molecular formula is C11H10O3S. The lowest BCUT2D eigenvalue weighted by Crippen LogP contribution is -2.00. The minimum Gasteiger partial charge on any atom is -0.487 e. The molecule has 0 radical (unpaired) electrons. The van der Waals surface area contributed by atoms with Gasteiger partial charge in [0.05, 0.1) is 13.5 Å². The Morgan fingerprint density at radius 2 is 2.20 bits per heavy atom. The third-order valence-corrected chi connectivity index (χ3v) is 3.35. The number of benzene rings is 1. The molecule has 3 nitrogen and oxygen atoms in total. The van der Waals surface area contributed by atoms with Crippen LogP contribution in [0.4, 0.5) is 0 Å². The molecule has 0 spiro atoms. The number of ether oxygens (including phenoxy) is 1. The van der Waals surface area contributed by atoms with Crippen molar-refractivity contribution in [1.82, 2.24) is 0 Å². The first kappa shape index (κ1) is 9.98. The Morgan fingerprint density at radius 1 is 1.47 bits per heavy atom. The summed E-state index contributed by atoms with van der Waals surface area (Å²) in [5.74, 6) is -0.836. The number of thiophene rings is 1. The van der Waals surface area contributed by atoms with Crippen molar-refractivity contribution in [2.24, 2.45) is 0 Å². The number of fused-ring (bicyclic) bond motifs is 1. The van der Waals surface area contributed by atoms with Gasteiger partial charge in [-0.1, -0.05) is 29.5 Å². The number of carbonyl (C=O) groups is 1. The van der Waals surface area contributed by atoms with E-state index in [1.165, 1.54) is 11.3 Å². The largest absolute Gasteiger partial charge is 0.487 e. The monoisotopic (exact) mass is 222 g/mol. The average Bonchev–Trinajstić information content (AvgIpc) is 2.56. The Balaban J connectivity index is 2.61. The number of methoxy groups -OCH3 is 1. The van der Waals surface area contributed by atoms with Gasteiger partial charge < -0.3 is 9.84 Å². The summed E-state index contributed by atoms with van der Waals surface area (Å²) >= 11 is 1.48. The smallest absolute Gasteiger partial charge is 0.308 e. The second-order valence-electron chi connectivity index (χ2n) is 3.14. The number of carboxylic acid groups (broad SMARTS) is 1. The molecule has 0 amide bonds. The van der Waals surface area contributed by atoms with Gasteiger partial charge >= 0.3 is 5.97 Å². The highest BCUT2D eigenvalue weighted by Gasteiger charge is 2.14. The third-order valence-electron chi connectivity index (χ3n) is 2.17. The minimum atomic E-state index is -0.836. The lowest BCUT2D eigenvalue weighted by atomic mass is 10.1. The highest BCUT2D eigenvalue weighted by molar-refractivity contribution is 7.21. The summed E-state index contributed by atoms with van der Waals surface area (Å²) in [6.07, 6.45) is 0.00713. The first-order valence-electron chi connectivity index (χ1n) is 4.48. The van der Waals surface area contributed by atoms with Crippen molar-refractivity contribution in [3.8, 4) is 5.06 Å². The van der Waals surface area contributed by atoms with Gasteiger partial charge in [-0.2, -0.15) is 0 Å². The number of carboxylic acids is 1. The van der Waals surface area contributed by atoms with Gasteiger partial charge in [0.15, 0.2) is 5.06 Å². The van der Waals surface area contributed by atoms with Crippen molar-refractivity contribution in [3.05, 3.63) is 29.8 Å². The van der Waals surface area contributed by atoms with Crippen molar-refractivity contribution >= 4 is 27.4 Å². The lowest BCUT2D eigenvalue weighted by Gasteiger charge is -1.99. The Morgan fingerprint density at radius 3 is 2.87 bits per heavy atom. The standard InChI is InChI=1S/C11H10O3S/c1-14-11-8(6-10(12)13)7-4-2-3-5-9(7)15-11/h2-5H,6H2,1H3,(H,12,13). The maximum atomic E-state index is 10.7. The molecule has 1 heterocycles. The molecule has 4 heteroatoms. The Labute approximate surface area is 90.9 Å². The van der Waals surface area contributed by atoms with Crippen LogP contribution in [0.2, 0.25) is 0 Å². The van der Waals surface area contributed by atoms with Crippen molar-refractivity contribution in [1.29, 1.82) is 0 Å². The molecule has 0 atom stereocenters. The molecule has 1 aromatic heterocycles. The van der Waals surface area contributed by atoms with Crippen LogP contribution in [0.1, 0.15) is 5.56 Å². The zero-order chi connectivity index (χ0) is 10.8. The van der Waals surface area contributed by atoms with E-state index in [0.29, 0.717) is 5.06 Å². The second kappa shape index (κ2) is 3.90. The molecule has 2 aromatic rings. The second-order valence-corrected chi connectivity index (χ2v) is 4.15. The molecule has 0 aliphatic rings. The van der Waals surface area contributed by atoms with Crippen LogP contribution < -0.4 is 4.74 Å². The summed E-state index contributed by atoms with van der Waals surface area (Å²) in [6.45, 7) is 0.